The van der Waals surface area contributed by atoms with E-state index >= 15 is 0 Å². The first kappa shape index (κ1) is 16.0. The lowest BCUT2D eigenvalue weighted by atomic mass is 10.1. The van der Waals surface area contributed by atoms with Gasteiger partial charge in [-0.3, -0.25) is 14.9 Å². The zero-order chi connectivity index (χ0) is 17.5. The highest BCUT2D eigenvalue weighted by molar-refractivity contribution is 6.00. The molecule has 0 aliphatic carbocycles. The highest BCUT2D eigenvalue weighted by Gasteiger charge is 2.35. The number of carbonyl (C=O) groups excluding carboxylic acids is 2. The molecule has 0 fully saturated rings. The number of fused-ring (bicyclic) bond motifs is 1. The van der Waals surface area contributed by atoms with Gasteiger partial charge in [0.2, 0.25) is 11.9 Å². The Balaban J connectivity index is 1.71. The minimum Gasteiger partial charge on any atom is -0.326 e. The maximum absolute atomic E-state index is 12.7. The van der Waals surface area contributed by atoms with Crippen molar-refractivity contribution in [2.75, 3.05) is 10.6 Å². The van der Waals surface area contributed by atoms with Crippen LogP contribution in [0.5, 0.6) is 0 Å². The number of aromatic nitrogens is 3. The van der Waals surface area contributed by atoms with Gasteiger partial charge in [0.1, 0.15) is 11.9 Å². The van der Waals surface area contributed by atoms with E-state index in [1.165, 1.54) is 16.8 Å². The van der Waals surface area contributed by atoms with Crippen molar-refractivity contribution in [2.24, 2.45) is 0 Å². The lowest BCUT2D eigenvalue weighted by Gasteiger charge is -2.11. The van der Waals surface area contributed by atoms with Gasteiger partial charge < -0.3 is 5.32 Å². The fraction of sp³-hybridized carbons (Fsp3) is 0.286. The number of alkyl halides is 3. The summed E-state index contributed by atoms with van der Waals surface area (Å²) in [6.45, 7) is 1.64. The van der Waals surface area contributed by atoms with Gasteiger partial charge >= 0.3 is 6.18 Å². The maximum Gasteiger partial charge on any atom is 0.416 e. The molecule has 2 heterocycles. The SMILES string of the molecule is Cc1nc2n(n1)[C@@H](CC(=O)Nc1cccc(C(F)(F)F)c1)C(=O)N2. The number of amides is 2. The van der Waals surface area contributed by atoms with E-state index in [0.717, 1.165) is 12.1 Å². The number of halogens is 3. The molecule has 2 amide bonds. The molecule has 1 aromatic carbocycles. The van der Waals surface area contributed by atoms with Gasteiger partial charge in [-0.2, -0.15) is 23.3 Å². The van der Waals surface area contributed by atoms with Crippen molar-refractivity contribution in [1.29, 1.82) is 0 Å². The molecular formula is C14H12F3N5O2. The molecule has 0 spiro atoms. The van der Waals surface area contributed by atoms with E-state index in [4.69, 9.17) is 0 Å². The molecule has 3 rings (SSSR count). The summed E-state index contributed by atoms with van der Waals surface area (Å²) in [6.07, 6.45) is -4.77. The van der Waals surface area contributed by atoms with Gasteiger partial charge in [0, 0.05) is 5.69 Å². The summed E-state index contributed by atoms with van der Waals surface area (Å²) in [5.41, 5.74) is -0.865. The molecule has 0 saturated heterocycles. The first-order valence-electron chi connectivity index (χ1n) is 6.95. The number of nitrogens with one attached hydrogen (secondary N) is 2. The molecule has 0 unspecified atom stereocenters. The van der Waals surface area contributed by atoms with Crippen LogP contribution in [0.3, 0.4) is 0 Å². The van der Waals surface area contributed by atoms with E-state index in [1.54, 1.807) is 6.92 Å². The van der Waals surface area contributed by atoms with Crippen LogP contribution in [0.2, 0.25) is 0 Å². The third-order valence-corrected chi connectivity index (χ3v) is 3.42. The van der Waals surface area contributed by atoms with Gasteiger partial charge in [-0.15, -0.1) is 0 Å². The number of carbonyl (C=O) groups is 2. The van der Waals surface area contributed by atoms with Crippen molar-refractivity contribution in [2.45, 2.75) is 25.6 Å². The van der Waals surface area contributed by atoms with Gasteiger partial charge in [0.25, 0.3) is 5.91 Å². The van der Waals surface area contributed by atoms with Crippen molar-refractivity contribution in [3.05, 3.63) is 35.7 Å². The quantitative estimate of drug-likeness (QED) is 0.896. The first-order chi connectivity index (χ1) is 11.2. The molecule has 7 nitrogen and oxygen atoms in total. The average Bonchev–Trinajstić information content (AvgIpc) is 2.96. The van der Waals surface area contributed by atoms with Crippen LogP contribution in [-0.4, -0.2) is 26.6 Å². The molecule has 0 saturated carbocycles. The molecule has 2 aromatic rings. The third kappa shape index (κ3) is 3.07. The lowest BCUT2D eigenvalue weighted by molar-refractivity contribution is -0.137. The number of anilines is 2. The Labute approximate surface area is 133 Å². The second kappa shape index (κ2) is 5.62. The number of nitrogens with zero attached hydrogens (tertiary/aromatic N) is 3. The molecule has 10 heteroatoms. The van der Waals surface area contributed by atoms with Crippen molar-refractivity contribution < 1.29 is 22.8 Å². The van der Waals surface area contributed by atoms with Crippen LogP contribution in [-0.2, 0) is 15.8 Å². The van der Waals surface area contributed by atoms with E-state index in [-0.39, 0.29) is 18.1 Å². The summed E-state index contributed by atoms with van der Waals surface area (Å²) in [5.74, 6) is -0.359. The van der Waals surface area contributed by atoms with E-state index in [2.05, 4.69) is 20.7 Å². The van der Waals surface area contributed by atoms with Crippen molar-refractivity contribution >= 4 is 23.5 Å². The normalized spacial score (nSPS) is 16.7. The highest BCUT2D eigenvalue weighted by atomic mass is 19.4. The molecule has 1 aliphatic heterocycles. The molecule has 1 aromatic heterocycles. The zero-order valence-electron chi connectivity index (χ0n) is 12.4. The van der Waals surface area contributed by atoms with Crippen molar-refractivity contribution in [1.82, 2.24) is 14.8 Å². The predicted molar refractivity (Wildman–Crippen MR) is 77.1 cm³/mol. The van der Waals surface area contributed by atoms with Gasteiger partial charge in [0.15, 0.2) is 0 Å². The Kier molecular flexibility index (Phi) is 3.74. The molecular weight excluding hydrogens is 327 g/mol. The van der Waals surface area contributed by atoms with Gasteiger partial charge in [-0.1, -0.05) is 6.07 Å². The molecule has 0 radical (unpaired) electrons. The Morgan fingerprint density at radius 3 is 2.88 bits per heavy atom. The van der Waals surface area contributed by atoms with Crippen molar-refractivity contribution in [3.63, 3.8) is 0 Å². The zero-order valence-corrected chi connectivity index (χ0v) is 12.4. The molecule has 126 valence electrons. The Hall–Kier alpha value is -2.91. The number of rotatable bonds is 3. The van der Waals surface area contributed by atoms with Gasteiger partial charge in [-0.05, 0) is 25.1 Å². The minimum atomic E-state index is -4.50. The molecule has 24 heavy (non-hydrogen) atoms. The summed E-state index contributed by atoms with van der Waals surface area (Å²) >= 11 is 0. The number of aryl methyl sites for hydroxylation is 1. The van der Waals surface area contributed by atoms with E-state index < -0.39 is 29.6 Å². The first-order valence-corrected chi connectivity index (χ1v) is 6.95. The smallest absolute Gasteiger partial charge is 0.326 e. The Morgan fingerprint density at radius 2 is 2.17 bits per heavy atom. The second-order valence-corrected chi connectivity index (χ2v) is 5.26. The third-order valence-electron chi connectivity index (χ3n) is 3.42. The fourth-order valence-electron chi connectivity index (χ4n) is 2.38. The largest absolute Gasteiger partial charge is 0.416 e. The van der Waals surface area contributed by atoms with Gasteiger partial charge in [-0.25, -0.2) is 4.68 Å². The average molecular weight is 339 g/mol. The van der Waals surface area contributed by atoms with Crippen LogP contribution >= 0.6 is 0 Å². The van der Waals surface area contributed by atoms with Crippen LogP contribution < -0.4 is 10.6 Å². The fourth-order valence-corrected chi connectivity index (χ4v) is 2.38. The monoisotopic (exact) mass is 339 g/mol. The summed E-state index contributed by atoms with van der Waals surface area (Å²) in [6, 6.07) is 3.39. The second-order valence-electron chi connectivity index (χ2n) is 5.26. The van der Waals surface area contributed by atoms with E-state index in [0.29, 0.717) is 5.82 Å². The van der Waals surface area contributed by atoms with E-state index in [1.807, 2.05) is 0 Å². The summed E-state index contributed by atoms with van der Waals surface area (Å²) < 4.78 is 39.3. The van der Waals surface area contributed by atoms with Crippen LogP contribution in [0.25, 0.3) is 0 Å². The van der Waals surface area contributed by atoms with E-state index in [9.17, 15) is 22.8 Å². The highest BCUT2D eigenvalue weighted by Crippen LogP contribution is 2.31. The van der Waals surface area contributed by atoms with Crippen LogP contribution in [0.4, 0.5) is 24.8 Å². The van der Waals surface area contributed by atoms with Crippen LogP contribution in [0.1, 0.15) is 23.9 Å². The maximum atomic E-state index is 12.7. The number of hydrogen-bond acceptors (Lipinski definition) is 4. The molecule has 0 bridgehead atoms. The Morgan fingerprint density at radius 1 is 1.42 bits per heavy atom. The summed E-state index contributed by atoms with van der Waals surface area (Å²) in [5, 5.41) is 8.87. The van der Waals surface area contributed by atoms with Gasteiger partial charge in [0.05, 0.1) is 12.0 Å². The Bertz CT molecular complexity index is 815. The summed E-state index contributed by atoms with van der Waals surface area (Å²) in [4.78, 5) is 27.9. The minimum absolute atomic E-state index is 0.00299. The number of hydrogen-bond donors (Lipinski definition) is 2. The molecule has 1 aliphatic rings. The van der Waals surface area contributed by atoms with Crippen LogP contribution in [0.15, 0.2) is 24.3 Å². The lowest BCUT2D eigenvalue weighted by Crippen LogP contribution is -2.24. The molecule has 2 N–H and O–H groups in total. The van der Waals surface area contributed by atoms with Crippen LogP contribution in [0, 0.1) is 6.92 Å². The van der Waals surface area contributed by atoms with Crippen molar-refractivity contribution in [3.8, 4) is 0 Å². The standard InChI is InChI=1S/C14H12F3N5O2/c1-7-18-13-20-12(24)10(22(13)21-7)6-11(23)19-9-4-2-3-8(5-9)14(15,16)17/h2-5,10H,6H2,1H3,(H,19,23)(H,18,20,21,24)/t10-/m0/s1. The summed E-state index contributed by atoms with van der Waals surface area (Å²) in [7, 11) is 0. The number of benzene rings is 1. The molecule has 1 atom stereocenters. The topological polar surface area (TPSA) is 88.9 Å². The predicted octanol–water partition coefficient (Wildman–Crippen LogP) is 2.13.